The second kappa shape index (κ2) is 8.55. The maximum absolute atomic E-state index is 13.0. The fourth-order valence-corrected chi connectivity index (χ4v) is 4.50. The Morgan fingerprint density at radius 2 is 2.00 bits per heavy atom. The molecule has 1 amide bonds. The molecular formula is C23H24N6O4. The van der Waals surface area contributed by atoms with Crippen LogP contribution < -0.4 is 16.6 Å². The van der Waals surface area contributed by atoms with E-state index >= 15 is 0 Å². The molecule has 1 fully saturated rings. The summed E-state index contributed by atoms with van der Waals surface area (Å²) >= 11 is 0. The number of aromatic amines is 1. The first-order chi connectivity index (χ1) is 16.0. The summed E-state index contributed by atoms with van der Waals surface area (Å²) in [6.07, 6.45) is 6.75. The standard InChI is InChI=1S/C23H24N6O4/c1-15(30)25-18-4-2-3-5-19(18)29-22-20(21(31)26-23(29)32)24-14-28(22)17-6-9-27(10-7-17)12-16-8-11-33-13-16/h2-5,8,11,13-14,17H,6-7,9-10,12H2,1H3,(H,25,30)(H,26,31,32). The molecule has 0 unspecified atom stereocenters. The molecule has 5 rings (SSSR count). The first-order valence-electron chi connectivity index (χ1n) is 10.8. The Kier molecular flexibility index (Phi) is 5.43. The minimum Gasteiger partial charge on any atom is -0.472 e. The first kappa shape index (κ1) is 21.0. The molecule has 1 saturated heterocycles. The Balaban J connectivity index is 1.54. The van der Waals surface area contributed by atoms with Crippen LogP contribution in [0.1, 0.15) is 31.4 Å². The van der Waals surface area contributed by atoms with Gasteiger partial charge in [0, 0.05) is 38.2 Å². The molecule has 0 radical (unpaired) electrons. The largest absolute Gasteiger partial charge is 0.472 e. The molecule has 10 heteroatoms. The minimum absolute atomic E-state index is 0.0796. The van der Waals surface area contributed by atoms with Crippen molar-refractivity contribution in [2.24, 2.45) is 0 Å². The summed E-state index contributed by atoms with van der Waals surface area (Å²) in [7, 11) is 0. The molecule has 33 heavy (non-hydrogen) atoms. The van der Waals surface area contributed by atoms with E-state index in [2.05, 4.69) is 20.2 Å². The molecule has 2 N–H and O–H groups in total. The van der Waals surface area contributed by atoms with Crippen LogP contribution in [0, 0.1) is 0 Å². The predicted octanol–water partition coefficient (Wildman–Crippen LogP) is 2.26. The van der Waals surface area contributed by atoms with Crippen LogP contribution in [0.5, 0.6) is 0 Å². The van der Waals surface area contributed by atoms with Gasteiger partial charge in [-0.05, 0) is 31.0 Å². The Morgan fingerprint density at radius 3 is 2.73 bits per heavy atom. The summed E-state index contributed by atoms with van der Waals surface area (Å²) in [5, 5.41) is 2.76. The Bertz CT molecular complexity index is 1410. The number of nitrogens with zero attached hydrogens (tertiary/aromatic N) is 4. The zero-order chi connectivity index (χ0) is 22.9. The molecule has 0 saturated carbocycles. The van der Waals surface area contributed by atoms with E-state index in [-0.39, 0.29) is 17.5 Å². The monoisotopic (exact) mass is 448 g/mol. The van der Waals surface area contributed by atoms with Crippen molar-refractivity contribution in [2.45, 2.75) is 32.4 Å². The molecule has 4 heterocycles. The minimum atomic E-state index is -0.579. The number of carbonyl (C=O) groups excluding carboxylic acids is 1. The Morgan fingerprint density at radius 1 is 1.21 bits per heavy atom. The number of para-hydroxylation sites is 2. The summed E-state index contributed by atoms with van der Waals surface area (Å²) < 4.78 is 8.51. The molecule has 4 aromatic rings. The number of nitrogens with one attached hydrogen (secondary N) is 2. The van der Waals surface area contributed by atoms with Crippen molar-refractivity contribution in [2.75, 3.05) is 18.4 Å². The molecule has 0 atom stereocenters. The number of H-pyrrole nitrogens is 1. The van der Waals surface area contributed by atoms with E-state index in [0.29, 0.717) is 17.0 Å². The number of amides is 1. The lowest BCUT2D eigenvalue weighted by Gasteiger charge is -2.32. The van der Waals surface area contributed by atoms with E-state index in [1.54, 1.807) is 43.1 Å². The van der Waals surface area contributed by atoms with Crippen molar-refractivity contribution in [1.29, 1.82) is 0 Å². The van der Waals surface area contributed by atoms with Crippen LogP contribution in [0.4, 0.5) is 5.69 Å². The van der Waals surface area contributed by atoms with Crippen LogP contribution in [0.25, 0.3) is 16.9 Å². The van der Waals surface area contributed by atoms with Gasteiger partial charge in [0.25, 0.3) is 5.56 Å². The number of hydrogen-bond donors (Lipinski definition) is 2. The van der Waals surface area contributed by atoms with Gasteiger partial charge in [-0.25, -0.2) is 14.3 Å². The summed E-state index contributed by atoms with van der Waals surface area (Å²) in [6, 6.07) is 9.04. The highest BCUT2D eigenvalue weighted by atomic mass is 16.3. The lowest BCUT2D eigenvalue weighted by molar-refractivity contribution is -0.114. The van der Waals surface area contributed by atoms with E-state index in [1.807, 2.05) is 10.6 Å². The van der Waals surface area contributed by atoms with Crippen molar-refractivity contribution in [3.8, 4) is 5.69 Å². The van der Waals surface area contributed by atoms with E-state index in [1.165, 1.54) is 11.5 Å². The fraction of sp³-hybridized carbons (Fsp3) is 0.304. The zero-order valence-electron chi connectivity index (χ0n) is 18.2. The molecule has 1 aromatic carbocycles. The molecular weight excluding hydrogens is 424 g/mol. The summed E-state index contributed by atoms with van der Waals surface area (Å²) in [5.41, 5.74) is 1.59. The SMILES string of the molecule is CC(=O)Nc1ccccc1-n1c(=O)[nH]c(=O)c2ncn(C3CCN(Cc4ccoc4)CC3)c21. The third-order valence-corrected chi connectivity index (χ3v) is 6.01. The quantitative estimate of drug-likeness (QED) is 0.484. The van der Waals surface area contributed by atoms with Gasteiger partial charge in [0.15, 0.2) is 11.2 Å². The van der Waals surface area contributed by atoms with Crippen LogP contribution in [0.15, 0.2) is 63.2 Å². The van der Waals surface area contributed by atoms with Crippen LogP contribution in [0.3, 0.4) is 0 Å². The lowest BCUT2D eigenvalue weighted by Crippen LogP contribution is -2.35. The van der Waals surface area contributed by atoms with Crippen molar-refractivity contribution in [3.05, 3.63) is 75.6 Å². The van der Waals surface area contributed by atoms with Gasteiger partial charge in [0.1, 0.15) is 0 Å². The number of anilines is 1. The number of aromatic nitrogens is 4. The highest BCUT2D eigenvalue weighted by Crippen LogP contribution is 2.28. The van der Waals surface area contributed by atoms with Crippen LogP contribution in [0.2, 0.25) is 0 Å². The van der Waals surface area contributed by atoms with Crippen molar-refractivity contribution in [1.82, 2.24) is 24.0 Å². The van der Waals surface area contributed by atoms with Crippen molar-refractivity contribution in [3.63, 3.8) is 0 Å². The topological polar surface area (TPSA) is 118 Å². The molecule has 170 valence electrons. The number of imidazole rings is 1. The molecule has 0 bridgehead atoms. The average Bonchev–Trinajstić information content (AvgIpc) is 3.46. The van der Waals surface area contributed by atoms with Crippen LogP contribution in [-0.4, -0.2) is 43.0 Å². The van der Waals surface area contributed by atoms with Crippen molar-refractivity contribution >= 4 is 22.8 Å². The normalized spacial score (nSPS) is 15.2. The molecule has 0 spiro atoms. The molecule has 1 aliphatic rings. The number of piperidine rings is 1. The maximum atomic E-state index is 13.0. The summed E-state index contributed by atoms with van der Waals surface area (Å²) in [5.74, 6) is -0.255. The Labute approximate surface area is 188 Å². The number of carbonyl (C=O) groups is 1. The van der Waals surface area contributed by atoms with Gasteiger partial charge in [0.2, 0.25) is 5.91 Å². The molecule has 0 aliphatic carbocycles. The highest BCUT2D eigenvalue weighted by molar-refractivity contribution is 5.91. The molecule has 1 aliphatic heterocycles. The van der Waals surface area contributed by atoms with Crippen LogP contribution >= 0.6 is 0 Å². The maximum Gasteiger partial charge on any atom is 0.334 e. The summed E-state index contributed by atoms with van der Waals surface area (Å²) in [4.78, 5) is 46.3. The summed E-state index contributed by atoms with van der Waals surface area (Å²) in [6.45, 7) is 3.96. The van der Waals surface area contributed by atoms with Gasteiger partial charge < -0.3 is 14.3 Å². The number of fused-ring (bicyclic) bond motifs is 1. The Hall–Kier alpha value is -3.92. The van der Waals surface area contributed by atoms with Crippen LogP contribution in [-0.2, 0) is 11.3 Å². The zero-order valence-corrected chi connectivity index (χ0v) is 18.2. The van der Waals surface area contributed by atoms with Gasteiger partial charge in [0.05, 0.1) is 30.2 Å². The predicted molar refractivity (Wildman–Crippen MR) is 123 cm³/mol. The van der Waals surface area contributed by atoms with Gasteiger partial charge in [-0.15, -0.1) is 0 Å². The average molecular weight is 448 g/mol. The van der Waals surface area contributed by atoms with E-state index in [4.69, 9.17) is 4.42 Å². The number of likely N-dealkylation sites (tertiary alicyclic amines) is 1. The number of furan rings is 1. The second-order valence-electron chi connectivity index (χ2n) is 8.26. The van der Waals surface area contributed by atoms with E-state index < -0.39 is 11.2 Å². The molecule has 3 aromatic heterocycles. The smallest absolute Gasteiger partial charge is 0.334 e. The number of benzene rings is 1. The van der Waals surface area contributed by atoms with E-state index in [0.717, 1.165) is 38.0 Å². The third-order valence-electron chi connectivity index (χ3n) is 6.01. The fourth-order valence-electron chi connectivity index (χ4n) is 4.50. The lowest BCUT2D eigenvalue weighted by atomic mass is 10.0. The van der Waals surface area contributed by atoms with Gasteiger partial charge in [-0.1, -0.05) is 12.1 Å². The first-order valence-corrected chi connectivity index (χ1v) is 10.8. The highest BCUT2D eigenvalue weighted by Gasteiger charge is 2.25. The third kappa shape index (κ3) is 4.00. The van der Waals surface area contributed by atoms with Crippen molar-refractivity contribution < 1.29 is 9.21 Å². The van der Waals surface area contributed by atoms with Gasteiger partial charge >= 0.3 is 5.69 Å². The number of rotatable bonds is 5. The number of hydrogen-bond acceptors (Lipinski definition) is 6. The van der Waals surface area contributed by atoms with Gasteiger partial charge in [-0.3, -0.25) is 19.5 Å². The second-order valence-corrected chi connectivity index (χ2v) is 8.26. The molecule has 10 nitrogen and oxygen atoms in total. The van der Waals surface area contributed by atoms with Gasteiger partial charge in [-0.2, -0.15) is 0 Å². The van der Waals surface area contributed by atoms with E-state index in [9.17, 15) is 14.4 Å².